The first-order chi connectivity index (χ1) is 13.0. The van der Waals surface area contributed by atoms with Crippen LogP contribution in [0, 0.1) is 0 Å². The molecule has 1 amide bonds. The maximum absolute atomic E-state index is 11.8. The van der Waals surface area contributed by atoms with Gasteiger partial charge in [0.2, 0.25) is 5.91 Å². The van der Waals surface area contributed by atoms with Crippen molar-refractivity contribution in [3.8, 4) is 0 Å². The van der Waals surface area contributed by atoms with Crippen molar-refractivity contribution in [1.82, 2.24) is 10.2 Å². The molecule has 1 aromatic carbocycles. The van der Waals surface area contributed by atoms with Crippen molar-refractivity contribution >= 4 is 30.3 Å². The lowest BCUT2D eigenvalue weighted by Gasteiger charge is -2.22. The average molecular weight is 388 g/mol. The number of thiol groups is 1. The molecule has 0 saturated carbocycles. The highest BCUT2D eigenvalue weighted by atomic mass is 32.1. The summed E-state index contributed by atoms with van der Waals surface area (Å²) in [7, 11) is 5.83. The Morgan fingerprint density at radius 2 is 1.85 bits per heavy atom. The summed E-state index contributed by atoms with van der Waals surface area (Å²) in [6.45, 7) is 3.70. The number of allylic oxidation sites excluding steroid dienone is 4. The van der Waals surface area contributed by atoms with Crippen LogP contribution in [0.5, 0.6) is 0 Å². The zero-order chi connectivity index (χ0) is 20.1. The molecule has 4 nitrogen and oxygen atoms in total. The van der Waals surface area contributed by atoms with E-state index in [1.165, 1.54) is 11.3 Å². The molecule has 0 aliphatic rings. The van der Waals surface area contributed by atoms with Crippen LogP contribution in [0.1, 0.15) is 25.3 Å². The fourth-order valence-corrected chi connectivity index (χ4v) is 2.74. The van der Waals surface area contributed by atoms with Crippen molar-refractivity contribution in [2.45, 2.75) is 19.8 Å². The summed E-state index contributed by atoms with van der Waals surface area (Å²) in [5, 5.41) is 3.00. The first-order valence-electron chi connectivity index (χ1n) is 9.36. The van der Waals surface area contributed by atoms with Crippen molar-refractivity contribution in [2.75, 3.05) is 44.9 Å². The molecule has 0 aliphatic carbocycles. The number of benzene rings is 1. The van der Waals surface area contributed by atoms with E-state index in [9.17, 15) is 4.79 Å². The molecule has 1 N–H and O–H groups in total. The number of carbonyl (C=O) groups is 1. The lowest BCUT2D eigenvalue weighted by Crippen LogP contribution is -2.30. The topological polar surface area (TPSA) is 35.6 Å². The Bertz CT molecular complexity index is 650. The first-order valence-corrected chi connectivity index (χ1v) is 9.99. The van der Waals surface area contributed by atoms with Crippen LogP contribution < -0.4 is 10.2 Å². The fourth-order valence-electron chi connectivity index (χ4n) is 2.55. The third-order valence-electron chi connectivity index (χ3n) is 4.32. The molecule has 148 valence electrons. The maximum atomic E-state index is 11.8. The molecule has 0 atom stereocenters. The van der Waals surface area contributed by atoms with Gasteiger partial charge in [-0.3, -0.25) is 4.79 Å². The quantitative estimate of drug-likeness (QED) is 0.445. The van der Waals surface area contributed by atoms with E-state index < -0.39 is 0 Å². The second-order valence-corrected chi connectivity index (χ2v) is 6.85. The van der Waals surface area contributed by atoms with E-state index in [1.54, 1.807) is 4.90 Å². The number of anilines is 1. The minimum absolute atomic E-state index is 0.161. The largest absolute Gasteiger partial charge is 0.394 e. The van der Waals surface area contributed by atoms with Crippen LogP contribution in [-0.2, 0) is 4.79 Å². The van der Waals surface area contributed by atoms with Gasteiger partial charge in [0, 0.05) is 46.3 Å². The molecule has 5 heteroatoms. The monoisotopic (exact) mass is 387 g/mol. The van der Waals surface area contributed by atoms with E-state index in [-0.39, 0.29) is 5.91 Å². The predicted octanol–water partition coefficient (Wildman–Crippen LogP) is 3.98. The van der Waals surface area contributed by atoms with Gasteiger partial charge in [0.25, 0.3) is 0 Å². The SMILES string of the molecule is C/C=C(\C=C/NC)/C=C/c1ccc(N(C)CCCN(C)C(=O)CCS)cc1. The van der Waals surface area contributed by atoms with Crippen molar-refractivity contribution in [3.63, 3.8) is 0 Å². The molecule has 27 heavy (non-hydrogen) atoms. The maximum Gasteiger partial charge on any atom is 0.223 e. The smallest absolute Gasteiger partial charge is 0.223 e. The first kappa shape index (κ1) is 22.9. The number of nitrogens with one attached hydrogen (secondary N) is 1. The van der Waals surface area contributed by atoms with E-state index in [4.69, 9.17) is 0 Å². The number of hydrogen-bond donors (Lipinski definition) is 2. The number of nitrogens with zero attached hydrogens (tertiary/aromatic N) is 2. The van der Waals surface area contributed by atoms with Crippen LogP contribution in [0.4, 0.5) is 5.69 Å². The highest BCUT2D eigenvalue weighted by Gasteiger charge is 2.07. The number of hydrogen-bond acceptors (Lipinski definition) is 4. The third-order valence-corrected chi connectivity index (χ3v) is 4.54. The Labute approximate surface area is 170 Å². The fraction of sp³-hybridized carbons (Fsp3) is 0.409. The molecule has 1 rings (SSSR count). The highest BCUT2D eigenvalue weighted by Crippen LogP contribution is 2.16. The van der Waals surface area contributed by atoms with Gasteiger partial charge < -0.3 is 15.1 Å². The molecule has 0 saturated heterocycles. The molecule has 0 spiro atoms. The van der Waals surface area contributed by atoms with E-state index in [2.05, 4.69) is 72.4 Å². The van der Waals surface area contributed by atoms with Gasteiger partial charge in [0.15, 0.2) is 0 Å². The number of amides is 1. The van der Waals surface area contributed by atoms with Crippen LogP contribution in [0.15, 0.2) is 54.3 Å². The molecule has 0 radical (unpaired) electrons. The van der Waals surface area contributed by atoms with Gasteiger partial charge in [-0.15, -0.1) is 0 Å². The Hall–Kier alpha value is -2.14. The molecule has 0 aliphatic heterocycles. The van der Waals surface area contributed by atoms with Gasteiger partial charge in [0.05, 0.1) is 0 Å². The number of carbonyl (C=O) groups excluding carboxylic acids is 1. The summed E-state index contributed by atoms with van der Waals surface area (Å²) in [5.74, 6) is 0.763. The van der Waals surface area contributed by atoms with Crippen LogP contribution in [0.3, 0.4) is 0 Å². The van der Waals surface area contributed by atoms with Crippen LogP contribution >= 0.6 is 12.6 Å². The normalized spacial score (nSPS) is 12.0. The zero-order valence-corrected chi connectivity index (χ0v) is 17.9. The van der Waals surface area contributed by atoms with Gasteiger partial charge in [-0.05, 0) is 54.6 Å². The van der Waals surface area contributed by atoms with Gasteiger partial charge in [-0.25, -0.2) is 0 Å². The van der Waals surface area contributed by atoms with E-state index >= 15 is 0 Å². The molecule has 0 unspecified atom stereocenters. The third kappa shape index (κ3) is 8.87. The summed E-state index contributed by atoms with van der Waals surface area (Å²) in [5.41, 5.74) is 3.50. The summed E-state index contributed by atoms with van der Waals surface area (Å²) in [4.78, 5) is 15.8. The van der Waals surface area contributed by atoms with Gasteiger partial charge in [-0.2, -0.15) is 12.6 Å². The second-order valence-electron chi connectivity index (χ2n) is 6.40. The average Bonchev–Trinajstić information content (AvgIpc) is 2.68. The summed E-state index contributed by atoms with van der Waals surface area (Å²) in [6.07, 6.45) is 11.7. The molecular weight excluding hydrogens is 354 g/mol. The Balaban J connectivity index is 2.53. The lowest BCUT2D eigenvalue weighted by atomic mass is 10.1. The molecule has 0 heterocycles. The molecule has 0 aromatic heterocycles. The van der Waals surface area contributed by atoms with Crippen molar-refractivity contribution < 1.29 is 4.79 Å². The summed E-state index contributed by atoms with van der Waals surface area (Å²) in [6, 6.07) is 8.52. The predicted molar refractivity (Wildman–Crippen MR) is 121 cm³/mol. The molecule has 1 aromatic rings. The number of rotatable bonds is 11. The Morgan fingerprint density at radius 1 is 1.15 bits per heavy atom. The van der Waals surface area contributed by atoms with Gasteiger partial charge in [0.1, 0.15) is 0 Å². The van der Waals surface area contributed by atoms with Crippen LogP contribution in [0.2, 0.25) is 0 Å². The van der Waals surface area contributed by atoms with Crippen LogP contribution in [0.25, 0.3) is 6.08 Å². The van der Waals surface area contributed by atoms with E-state index in [0.717, 1.165) is 25.1 Å². The minimum Gasteiger partial charge on any atom is -0.394 e. The molecule has 0 fully saturated rings. The van der Waals surface area contributed by atoms with E-state index in [1.807, 2.05) is 33.3 Å². The molecule has 0 bridgehead atoms. The van der Waals surface area contributed by atoms with Crippen molar-refractivity contribution in [1.29, 1.82) is 0 Å². The highest BCUT2D eigenvalue weighted by molar-refractivity contribution is 7.80. The standard InChI is InChI=1S/C22H33N3OS/c1-5-19(13-15-23-2)7-8-20-9-11-21(12-10-20)24(3)16-6-17-25(4)22(26)14-18-27/h5,7-13,15,23,27H,6,14,16-18H2,1-4H3/b8-7+,15-13-,19-5-. The Kier molecular flexibility index (Phi) is 11.1. The van der Waals surface area contributed by atoms with Crippen molar-refractivity contribution in [3.05, 3.63) is 59.8 Å². The van der Waals surface area contributed by atoms with Crippen LogP contribution in [-0.4, -0.2) is 50.8 Å². The summed E-state index contributed by atoms with van der Waals surface area (Å²) < 4.78 is 0. The second kappa shape index (κ2) is 13.1. The van der Waals surface area contributed by atoms with Crippen molar-refractivity contribution in [2.24, 2.45) is 0 Å². The summed E-state index contributed by atoms with van der Waals surface area (Å²) >= 11 is 4.11. The van der Waals surface area contributed by atoms with Gasteiger partial charge in [-0.1, -0.05) is 30.4 Å². The minimum atomic E-state index is 0.161. The van der Waals surface area contributed by atoms with E-state index in [0.29, 0.717) is 12.2 Å². The Morgan fingerprint density at radius 3 is 2.44 bits per heavy atom. The molecular formula is C22H33N3OS. The van der Waals surface area contributed by atoms with Gasteiger partial charge >= 0.3 is 0 Å². The zero-order valence-electron chi connectivity index (χ0n) is 17.0. The lowest BCUT2D eigenvalue weighted by molar-refractivity contribution is -0.129.